The number of ketones is 1. The van der Waals surface area contributed by atoms with E-state index in [-0.39, 0.29) is 12.3 Å². The molecule has 0 spiro atoms. The molecule has 3 aromatic rings. The maximum Gasteiger partial charge on any atom is 0.325 e. The van der Waals surface area contributed by atoms with Gasteiger partial charge in [0.1, 0.15) is 12.2 Å². The van der Waals surface area contributed by atoms with E-state index >= 15 is 0 Å². The summed E-state index contributed by atoms with van der Waals surface area (Å²) in [5.74, 6) is -1.17. The second-order valence-electron chi connectivity index (χ2n) is 5.55. The third-order valence-corrected chi connectivity index (χ3v) is 3.75. The molecule has 0 fully saturated rings. The minimum absolute atomic E-state index is 0.180. The fraction of sp³-hybridized carbons (Fsp3) is 0.167. The number of benzene rings is 2. The molecule has 1 aromatic heterocycles. The van der Waals surface area contributed by atoms with Crippen molar-refractivity contribution in [2.45, 2.75) is 20.4 Å². The average Bonchev–Trinajstić information content (AvgIpc) is 2.85. The highest BCUT2D eigenvalue weighted by atomic mass is 16.4. The lowest BCUT2D eigenvalue weighted by molar-refractivity contribution is -0.137. The summed E-state index contributed by atoms with van der Waals surface area (Å²) >= 11 is 0. The van der Waals surface area contributed by atoms with Crippen molar-refractivity contribution in [1.29, 1.82) is 0 Å². The van der Waals surface area contributed by atoms with Gasteiger partial charge in [-0.25, -0.2) is 0 Å². The molecule has 0 amide bonds. The SMILES string of the molecule is CC(=O)c1nn(CC(=O)O)c2ccc(-c3ccc(C)cc3)cc12. The summed E-state index contributed by atoms with van der Waals surface area (Å²) in [6, 6.07) is 13.7. The standard InChI is InChI=1S/C18H16N2O3/c1-11-3-5-13(6-4-11)14-7-8-16-15(9-14)18(12(2)21)19-20(16)10-17(22)23/h3-9H,10H2,1-2H3,(H,22,23). The Morgan fingerprint density at radius 2 is 1.74 bits per heavy atom. The molecule has 5 heteroatoms. The normalized spacial score (nSPS) is 10.9. The summed E-state index contributed by atoms with van der Waals surface area (Å²) in [6.45, 7) is 3.19. The lowest BCUT2D eigenvalue weighted by Crippen LogP contribution is -2.10. The maximum atomic E-state index is 11.8. The first-order valence-corrected chi connectivity index (χ1v) is 7.26. The topological polar surface area (TPSA) is 72.2 Å². The number of hydrogen-bond acceptors (Lipinski definition) is 3. The van der Waals surface area contributed by atoms with E-state index in [1.54, 1.807) is 0 Å². The van der Waals surface area contributed by atoms with Crippen LogP contribution in [0, 0.1) is 6.92 Å². The van der Waals surface area contributed by atoms with Crippen molar-refractivity contribution in [2.24, 2.45) is 0 Å². The molecule has 23 heavy (non-hydrogen) atoms. The predicted molar refractivity (Wildman–Crippen MR) is 87.5 cm³/mol. The van der Waals surface area contributed by atoms with Crippen LogP contribution in [0.25, 0.3) is 22.0 Å². The first kappa shape index (κ1) is 15.0. The second kappa shape index (κ2) is 5.68. The summed E-state index contributed by atoms with van der Waals surface area (Å²) < 4.78 is 1.35. The Kier molecular flexibility index (Phi) is 3.70. The Morgan fingerprint density at radius 1 is 1.09 bits per heavy atom. The Hall–Kier alpha value is -2.95. The number of aryl methyl sites for hydroxylation is 1. The van der Waals surface area contributed by atoms with Crippen LogP contribution in [0.15, 0.2) is 42.5 Å². The lowest BCUT2D eigenvalue weighted by atomic mass is 10.0. The molecule has 0 atom stereocenters. The van der Waals surface area contributed by atoms with E-state index in [9.17, 15) is 9.59 Å². The summed E-state index contributed by atoms with van der Waals surface area (Å²) in [7, 11) is 0. The fourth-order valence-corrected chi connectivity index (χ4v) is 2.61. The molecule has 0 saturated carbocycles. The molecule has 2 aromatic carbocycles. The molecule has 0 aliphatic heterocycles. The molecule has 1 heterocycles. The molecule has 3 rings (SSSR count). The van der Waals surface area contributed by atoms with Crippen LogP contribution in [-0.2, 0) is 11.3 Å². The number of Topliss-reactive ketones (excluding diaryl/α,β-unsaturated/α-hetero) is 1. The lowest BCUT2D eigenvalue weighted by Gasteiger charge is -2.04. The number of carboxylic acid groups (broad SMARTS) is 1. The van der Waals surface area contributed by atoms with Gasteiger partial charge in [-0.15, -0.1) is 0 Å². The van der Waals surface area contributed by atoms with E-state index in [1.165, 1.54) is 17.2 Å². The Balaban J connectivity index is 2.18. The van der Waals surface area contributed by atoms with Crippen molar-refractivity contribution < 1.29 is 14.7 Å². The molecule has 0 radical (unpaired) electrons. The molecule has 0 aliphatic rings. The average molecular weight is 308 g/mol. The van der Waals surface area contributed by atoms with E-state index < -0.39 is 5.97 Å². The highest BCUT2D eigenvalue weighted by Gasteiger charge is 2.16. The van der Waals surface area contributed by atoms with E-state index in [2.05, 4.69) is 5.10 Å². The van der Waals surface area contributed by atoms with E-state index in [1.807, 2.05) is 49.4 Å². The van der Waals surface area contributed by atoms with E-state index in [4.69, 9.17) is 5.11 Å². The van der Waals surface area contributed by atoms with Crippen molar-refractivity contribution in [2.75, 3.05) is 0 Å². The van der Waals surface area contributed by atoms with Crippen LogP contribution in [0.1, 0.15) is 23.0 Å². The quantitative estimate of drug-likeness (QED) is 0.751. The third kappa shape index (κ3) is 2.85. The number of hydrogen-bond donors (Lipinski definition) is 1. The van der Waals surface area contributed by atoms with Crippen LogP contribution in [-0.4, -0.2) is 26.6 Å². The number of rotatable bonds is 4. The van der Waals surface area contributed by atoms with E-state index in [0.29, 0.717) is 16.6 Å². The van der Waals surface area contributed by atoms with Crippen molar-refractivity contribution in [3.8, 4) is 11.1 Å². The van der Waals surface area contributed by atoms with Crippen molar-refractivity contribution in [3.63, 3.8) is 0 Å². The molecular weight excluding hydrogens is 292 g/mol. The summed E-state index contributed by atoms with van der Waals surface area (Å²) in [5, 5.41) is 13.8. The predicted octanol–water partition coefficient (Wildman–Crippen LogP) is 3.30. The molecule has 0 unspecified atom stereocenters. The summed E-state index contributed by atoms with van der Waals surface area (Å²) in [5.41, 5.74) is 4.13. The van der Waals surface area contributed by atoms with Gasteiger partial charge in [0.15, 0.2) is 5.78 Å². The van der Waals surface area contributed by atoms with Gasteiger partial charge in [0, 0.05) is 12.3 Å². The number of carboxylic acids is 1. The molecule has 0 saturated heterocycles. The van der Waals surface area contributed by atoms with Crippen LogP contribution >= 0.6 is 0 Å². The number of aromatic nitrogens is 2. The molecule has 1 N–H and O–H groups in total. The monoisotopic (exact) mass is 308 g/mol. The van der Waals surface area contributed by atoms with Crippen molar-refractivity contribution >= 4 is 22.7 Å². The Morgan fingerprint density at radius 3 is 2.35 bits per heavy atom. The first-order chi connectivity index (χ1) is 11.0. The number of nitrogens with zero attached hydrogens (tertiary/aromatic N) is 2. The fourth-order valence-electron chi connectivity index (χ4n) is 2.61. The van der Waals surface area contributed by atoms with Gasteiger partial charge in [0.05, 0.1) is 5.52 Å². The first-order valence-electron chi connectivity index (χ1n) is 7.26. The number of fused-ring (bicyclic) bond motifs is 1. The molecule has 5 nitrogen and oxygen atoms in total. The van der Waals surface area contributed by atoms with Crippen LogP contribution < -0.4 is 0 Å². The van der Waals surface area contributed by atoms with Crippen molar-refractivity contribution in [3.05, 3.63) is 53.7 Å². The van der Waals surface area contributed by atoms with Crippen LogP contribution in [0.2, 0.25) is 0 Å². The molecule has 0 bridgehead atoms. The van der Waals surface area contributed by atoms with Gasteiger partial charge in [-0.3, -0.25) is 14.3 Å². The van der Waals surface area contributed by atoms with Crippen molar-refractivity contribution in [1.82, 2.24) is 9.78 Å². The maximum absolute atomic E-state index is 11.8. The van der Waals surface area contributed by atoms with E-state index in [0.717, 1.165) is 11.1 Å². The number of carbonyl (C=O) groups excluding carboxylic acids is 1. The van der Waals surface area contributed by atoms with Gasteiger partial charge < -0.3 is 5.11 Å². The van der Waals surface area contributed by atoms with Gasteiger partial charge in [0.25, 0.3) is 0 Å². The smallest absolute Gasteiger partial charge is 0.325 e. The second-order valence-corrected chi connectivity index (χ2v) is 5.55. The van der Waals surface area contributed by atoms with Crippen LogP contribution in [0.3, 0.4) is 0 Å². The summed E-state index contributed by atoms with van der Waals surface area (Å²) in [4.78, 5) is 22.8. The largest absolute Gasteiger partial charge is 0.480 e. The van der Waals surface area contributed by atoms with Gasteiger partial charge in [-0.1, -0.05) is 35.9 Å². The molecule has 0 aliphatic carbocycles. The van der Waals surface area contributed by atoms with Gasteiger partial charge in [-0.2, -0.15) is 5.10 Å². The zero-order valence-corrected chi connectivity index (χ0v) is 12.9. The molecular formula is C18H16N2O3. The van der Waals surface area contributed by atoms with Crippen LogP contribution in [0.5, 0.6) is 0 Å². The van der Waals surface area contributed by atoms with Crippen LogP contribution in [0.4, 0.5) is 0 Å². The third-order valence-electron chi connectivity index (χ3n) is 3.75. The highest BCUT2D eigenvalue weighted by molar-refractivity contribution is 6.06. The van der Waals surface area contributed by atoms with Gasteiger partial charge in [-0.05, 0) is 30.2 Å². The Labute approximate surface area is 133 Å². The minimum Gasteiger partial charge on any atom is -0.480 e. The zero-order chi connectivity index (χ0) is 16.6. The molecule has 116 valence electrons. The number of carbonyl (C=O) groups is 2. The van der Waals surface area contributed by atoms with Gasteiger partial charge >= 0.3 is 5.97 Å². The summed E-state index contributed by atoms with van der Waals surface area (Å²) in [6.07, 6.45) is 0. The highest BCUT2D eigenvalue weighted by Crippen LogP contribution is 2.27. The zero-order valence-electron chi connectivity index (χ0n) is 12.9. The Bertz CT molecular complexity index is 908. The number of aliphatic carboxylic acids is 1. The van der Waals surface area contributed by atoms with Gasteiger partial charge in [0.2, 0.25) is 0 Å². The minimum atomic E-state index is -0.993.